The Morgan fingerprint density at radius 3 is 2.67 bits per heavy atom. The minimum atomic E-state index is -0.535. The summed E-state index contributed by atoms with van der Waals surface area (Å²) in [5.41, 5.74) is 2.55. The number of furan rings is 1. The van der Waals surface area contributed by atoms with Crippen LogP contribution in [0.2, 0.25) is 0 Å². The third kappa shape index (κ3) is 4.57. The van der Waals surface area contributed by atoms with E-state index >= 15 is 0 Å². The number of amides is 1. The van der Waals surface area contributed by atoms with Crippen molar-refractivity contribution >= 4 is 44.4 Å². The molecule has 4 aromatic rings. The highest BCUT2D eigenvalue weighted by atomic mass is 79.9. The Bertz CT molecular complexity index is 1270. The molecule has 0 aliphatic rings. The lowest BCUT2D eigenvalue weighted by Crippen LogP contribution is -2.13. The van der Waals surface area contributed by atoms with Gasteiger partial charge in [-0.25, -0.2) is 4.98 Å². The number of halogens is 1. The zero-order valence-corrected chi connectivity index (χ0v) is 17.9. The normalized spacial score (nSPS) is 11.1. The van der Waals surface area contributed by atoms with Gasteiger partial charge in [0, 0.05) is 27.1 Å². The number of anilines is 1. The summed E-state index contributed by atoms with van der Waals surface area (Å²) in [5, 5.41) is 14.4. The maximum absolute atomic E-state index is 12.5. The average Bonchev–Trinajstić information content (AvgIpc) is 3.42. The summed E-state index contributed by atoms with van der Waals surface area (Å²) in [6.45, 7) is 0. The number of aromatic nitrogens is 1. The number of rotatable bonds is 5. The van der Waals surface area contributed by atoms with Crippen molar-refractivity contribution in [2.24, 2.45) is 0 Å². The van der Waals surface area contributed by atoms with E-state index in [9.17, 15) is 10.1 Å². The molecule has 0 spiro atoms. The molecule has 4 rings (SSSR count). The molecule has 1 amide bonds. The van der Waals surface area contributed by atoms with E-state index in [0.29, 0.717) is 16.7 Å². The highest BCUT2D eigenvalue weighted by Gasteiger charge is 2.14. The van der Waals surface area contributed by atoms with Gasteiger partial charge in [0.05, 0.1) is 5.69 Å². The zero-order valence-electron chi connectivity index (χ0n) is 15.5. The lowest BCUT2D eigenvalue weighted by atomic mass is 10.2. The second-order valence-corrected chi connectivity index (χ2v) is 8.01. The Morgan fingerprint density at radius 1 is 1.10 bits per heavy atom. The quantitative estimate of drug-likeness (QED) is 0.268. The highest BCUT2D eigenvalue weighted by Crippen LogP contribution is 2.27. The summed E-state index contributed by atoms with van der Waals surface area (Å²) in [6, 6.07) is 22.8. The van der Waals surface area contributed by atoms with E-state index in [2.05, 4.69) is 26.2 Å². The molecule has 7 heteroatoms. The molecule has 0 atom stereocenters. The SMILES string of the molecule is N#C/C(=C/c1ccc(-c2cccc(Br)c2)o1)C(=O)Nc1nc(-c2ccccc2)cs1. The Labute approximate surface area is 185 Å². The molecule has 0 unspecified atom stereocenters. The van der Waals surface area contributed by atoms with E-state index < -0.39 is 5.91 Å². The van der Waals surface area contributed by atoms with Crippen molar-refractivity contribution in [3.8, 4) is 28.7 Å². The van der Waals surface area contributed by atoms with Gasteiger partial charge in [0.2, 0.25) is 0 Å². The van der Waals surface area contributed by atoms with E-state index in [0.717, 1.165) is 21.3 Å². The van der Waals surface area contributed by atoms with Crippen LogP contribution < -0.4 is 5.32 Å². The minimum absolute atomic E-state index is 0.0680. The zero-order chi connectivity index (χ0) is 20.9. The maximum Gasteiger partial charge on any atom is 0.268 e. The molecule has 2 aromatic heterocycles. The smallest absolute Gasteiger partial charge is 0.268 e. The molecule has 146 valence electrons. The molecule has 0 aliphatic heterocycles. The molecular formula is C23H14BrN3O2S. The first kappa shape index (κ1) is 19.8. The lowest BCUT2D eigenvalue weighted by molar-refractivity contribution is -0.112. The van der Waals surface area contributed by atoms with E-state index in [1.807, 2.05) is 66.0 Å². The standard InChI is InChI=1S/C23H14BrN3O2S/c24-18-8-4-7-16(11-18)21-10-9-19(29-21)12-17(13-25)22(28)27-23-26-20(14-30-23)15-5-2-1-3-6-15/h1-12,14H,(H,26,27,28)/b17-12-. The molecule has 0 saturated heterocycles. The number of benzene rings is 2. The van der Waals surface area contributed by atoms with Crippen molar-refractivity contribution in [3.63, 3.8) is 0 Å². The van der Waals surface area contributed by atoms with Crippen LogP contribution in [0.25, 0.3) is 28.7 Å². The number of thiazole rings is 1. The number of hydrogen-bond donors (Lipinski definition) is 1. The van der Waals surface area contributed by atoms with Gasteiger partial charge in [0.1, 0.15) is 23.2 Å². The van der Waals surface area contributed by atoms with E-state index in [-0.39, 0.29) is 5.57 Å². The van der Waals surface area contributed by atoms with Crippen molar-refractivity contribution in [3.05, 3.63) is 87.9 Å². The molecule has 5 nitrogen and oxygen atoms in total. The fraction of sp³-hybridized carbons (Fsp3) is 0. The maximum atomic E-state index is 12.5. The van der Waals surface area contributed by atoms with Crippen LogP contribution in [-0.4, -0.2) is 10.9 Å². The van der Waals surface area contributed by atoms with Gasteiger partial charge in [-0.3, -0.25) is 10.1 Å². The van der Waals surface area contributed by atoms with Crippen LogP contribution in [0.5, 0.6) is 0 Å². The van der Waals surface area contributed by atoms with Crippen molar-refractivity contribution in [2.45, 2.75) is 0 Å². The number of nitriles is 1. The fourth-order valence-corrected chi connectivity index (χ4v) is 3.87. The van der Waals surface area contributed by atoms with Gasteiger partial charge in [0.25, 0.3) is 5.91 Å². The monoisotopic (exact) mass is 475 g/mol. The lowest BCUT2D eigenvalue weighted by Gasteiger charge is -2.00. The number of carbonyl (C=O) groups excluding carboxylic acids is 1. The highest BCUT2D eigenvalue weighted by molar-refractivity contribution is 9.10. The predicted octanol–water partition coefficient (Wildman–Crippen LogP) is 6.38. The summed E-state index contributed by atoms with van der Waals surface area (Å²) in [7, 11) is 0. The topological polar surface area (TPSA) is 78.9 Å². The van der Waals surface area contributed by atoms with Gasteiger partial charge >= 0.3 is 0 Å². The Hall–Kier alpha value is -3.47. The molecule has 0 radical (unpaired) electrons. The van der Waals surface area contributed by atoms with Crippen molar-refractivity contribution < 1.29 is 9.21 Å². The fourth-order valence-electron chi connectivity index (χ4n) is 2.76. The first-order valence-electron chi connectivity index (χ1n) is 8.92. The van der Waals surface area contributed by atoms with Crippen LogP contribution in [0.15, 0.2) is 86.6 Å². The van der Waals surface area contributed by atoms with Crippen molar-refractivity contribution in [2.75, 3.05) is 5.32 Å². The molecule has 0 saturated carbocycles. The number of nitrogens with zero attached hydrogens (tertiary/aromatic N) is 2. The van der Waals surface area contributed by atoms with Crippen LogP contribution in [0.3, 0.4) is 0 Å². The summed E-state index contributed by atoms with van der Waals surface area (Å²) in [6.07, 6.45) is 1.42. The van der Waals surface area contributed by atoms with Crippen LogP contribution in [0.1, 0.15) is 5.76 Å². The third-order valence-electron chi connectivity index (χ3n) is 4.18. The Kier molecular flexibility index (Phi) is 5.89. The molecule has 30 heavy (non-hydrogen) atoms. The second-order valence-electron chi connectivity index (χ2n) is 6.24. The molecule has 0 bridgehead atoms. The first-order valence-corrected chi connectivity index (χ1v) is 10.6. The van der Waals surface area contributed by atoms with Crippen LogP contribution in [0.4, 0.5) is 5.13 Å². The Morgan fingerprint density at radius 2 is 1.90 bits per heavy atom. The summed E-state index contributed by atoms with van der Waals surface area (Å²) >= 11 is 4.73. The number of nitrogens with one attached hydrogen (secondary N) is 1. The van der Waals surface area contributed by atoms with Crippen LogP contribution in [-0.2, 0) is 4.79 Å². The molecule has 2 heterocycles. The molecular weight excluding hydrogens is 462 g/mol. The summed E-state index contributed by atoms with van der Waals surface area (Å²) in [5.74, 6) is 0.528. The minimum Gasteiger partial charge on any atom is -0.457 e. The number of hydrogen-bond acceptors (Lipinski definition) is 5. The van der Waals surface area contributed by atoms with Gasteiger partial charge < -0.3 is 4.42 Å². The Balaban J connectivity index is 1.50. The molecule has 2 aromatic carbocycles. The van der Waals surface area contributed by atoms with E-state index in [4.69, 9.17) is 4.42 Å². The van der Waals surface area contributed by atoms with Gasteiger partial charge in [-0.1, -0.05) is 58.4 Å². The summed E-state index contributed by atoms with van der Waals surface area (Å²) in [4.78, 5) is 17.0. The van der Waals surface area contributed by atoms with Gasteiger partial charge in [-0.15, -0.1) is 11.3 Å². The van der Waals surface area contributed by atoms with Gasteiger partial charge in [-0.2, -0.15) is 5.26 Å². The van der Waals surface area contributed by atoms with Gasteiger partial charge in [-0.05, 0) is 24.3 Å². The summed E-state index contributed by atoms with van der Waals surface area (Å²) < 4.78 is 6.71. The van der Waals surface area contributed by atoms with Crippen LogP contribution >= 0.6 is 27.3 Å². The van der Waals surface area contributed by atoms with Gasteiger partial charge in [0.15, 0.2) is 5.13 Å². The third-order valence-corrected chi connectivity index (χ3v) is 5.43. The molecule has 1 N–H and O–H groups in total. The molecule has 0 fully saturated rings. The first-order chi connectivity index (χ1) is 14.6. The molecule has 0 aliphatic carbocycles. The van der Waals surface area contributed by atoms with Crippen molar-refractivity contribution in [1.29, 1.82) is 5.26 Å². The van der Waals surface area contributed by atoms with Crippen molar-refractivity contribution in [1.82, 2.24) is 4.98 Å². The largest absolute Gasteiger partial charge is 0.457 e. The van der Waals surface area contributed by atoms with E-state index in [1.165, 1.54) is 17.4 Å². The predicted molar refractivity (Wildman–Crippen MR) is 122 cm³/mol. The average molecular weight is 476 g/mol. The van der Waals surface area contributed by atoms with E-state index in [1.54, 1.807) is 12.1 Å². The van der Waals surface area contributed by atoms with Crippen LogP contribution in [0, 0.1) is 11.3 Å². The second kappa shape index (κ2) is 8.91. The number of carbonyl (C=O) groups is 1.